The van der Waals surface area contributed by atoms with Crippen LogP contribution in [0.3, 0.4) is 0 Å². The van der Waals surface area contributed by atoms with E-state index >= 15 is 0 Å². The summed E-state index contributed by atoms with van der Waals surface area (Å²) in [5.74, 6) is 0.814. The number of H-pyrrole nitrogens is 2. The van der Waals surface area contributed by atoms with Crippen LogP contribution in [0.25, 0.3) is 0 Å². The van der Waals surface area contributed by atoms with E-state index in [9.17, 15) is 9.59 Å². The maximum absolute atomic E-state index is 11.7. The fourth-order valence-electron chi connectivity index (χ4n) is 2.15. The number of benzene rings is 1. The lowest BCUT2D eigenvalue weighted by Crippen LogP contribution is -2.29. The zero-order valence-corrected chi connectivity index (χ0v) is 9.11. The average Bonchev–Trinajstić information content (AvgIpc) is 2.28. The summed E-state index contributed by atoms with van der Waals surface area (Å²) in [7, 11) is 0. The number of aromatic amines is 2. The maximum atomic E-state index is 11.7. The first-order valence-corrected chi connectivity index (χ1v) is 5.30. The first kappa shape index (κ1) is 9.89. The standard InChI is InChI=1S/C12H10N2O3/c1-6-7-4-2-3-5-8(7)17-11-9(6)10(15)13-12(16)14-11/h2-6H,1H3,(H2,13,14,15,16). The molecule has 0 amide bonds. The van der Waals surface area contributed by atoms with Gasteiger partial charge in [0.2, 0.25) is 5.88 Å². The van der Waals surface area contributed by atoms with Crippen LogP contribution in [0, 0.1) is 0 Å². The molecule has 1 aromatic carbocycles. The monoisotopic (exact) mass is 230 g/mol. The lowest BCUT2D eigenvalue weighted by atomic mass is 9.92. The van der Waals surface area contributed by atoms with E-state index in [-0.39, 0.29) is 11.8 Å². The predicted octanol–water partition coefficient (Wildman–Crippen LogP) is 1.32. The Labute approximate surface area is 96.1 Å². The molecule has 0 saturated heterocycles. The van der Waals surface area contributed by atoms with Gasteiger partial charge in [0.15, 0.2) is 0 Å². The average molecular weight is 230 g/mol. The lowest BCUT2D eigenvalue weighted by Gasteiger charge is -2.23. The molecule has 86 valence electrons. The Hall–Kier alpha value is -2.30. The number of para-hydroxylation sites is 1. The van der Waals surface area contributed by atoms with E-state index in [1.807, 2.05) is 31.2 Å². The largest absolute Gasteiger partial charge is 0.440 e. The highest BCUT2D eigenvalue weighted by Gasteiger charge is 2.27. The summed E-state index contributed by atoms with van der Waals surface area (Å²) in [6.45, 7) is 1.91. The number of nitrogens with one attached hydrogen (secondary N) is 2. The third kappa shape index (κ3) is 1.39. The molecule has 0 radical (unpaired) electrons. The van der Waals surface area contributed by atoms with E-state index < -0.39 is 11.2 Å². The molecule has 5 heteroatoms. The number of hydrogen-bond acceptors (Lipinski definition) is 3. The second-order valence-corrected chi connectivity index (χ2v) is 4.01. The molecule has 17 heavy (non-hydrogen) atoms. The van der Waals surface area contributed by atoms with Crippen LogP contribution in [0.4, 0.5) is 0 Å². The third-order valence-corrected chi connectivity index (χ3v) is 2.97. The van der Waals surface area contributed by atoms with Gasteiger partial charge in [-0.3, -0.25) is 14.8 Å². The van der Waals surface area contributed by atoms with Crippen LogP contribution in [0.1, 0.15) is 24.0 Å². The normalized spacial score (nSPS) is 16.9. The number of rotatable bonds is 0. The van der Waals surface area contributed by atoms with Gasteiger partial charge in [-0.15, -0.1) is 0 Å². The quantitative estimate of drug-likeness (QED) is 0.716. The Bertz CT molecular complexity index is 699. The topological polar surface area (TPSA) is 75.0 Å². The van der Waals surface area contributed by atoms with Gasteiger partial charge < -0.3 is 4.74 Å². The van der Waals surface area contributed by atoms with E-state index in [1.165, 1.54) is 0 Å². The van der Waals surface area contributed by atoms with Crippen molar-refractivity contribution in [1.29, 1.82) is 0 Å². The van der Waals surface area contributed by atoms with Crippen LogP contribution in [0.2, 0.25) is 0 Å². The Balaban J connectivity index is 2.30. The molecular weight excluding hydrogens is 220 g/mol. The summed E-state index contributed by atoms with van der Waals surface area (Å²) < 4.78 is 5.53. The number of ether oxygens (including phenoxy) is 1. The van der Waals surface area contributed by atoms with Crippen molar-refractivity contribution in [2.75, 3.05) is 0 Å². The summed E-state index contributed by atoms with van der Waals surface area (Å²) >= 11 is 0. The second-order valence-electron chi connectivity index (χ2n) is 4.01. The SMILES string of the molecule is CC1c2ccccc2Oc2[nH]c(=O)[nH]c(=O)c21. The summed E-state index contributed by atoms with van der Waals surface area (Å²) in [5, 5.41) is 0. The van der Waals surface area contributed by atoms with Crippen molar-refractivity contribution >= 4 is 0 Å². The van der Waals surface area contributed by atoms with Crippen LogP contribution >= 0.6 is 0 Å². The third-order valence-electron chi connectivity index (χ3n) is 2.97. The van der Waals surface area contributed by atoms with Gasteiger partial charge in [-0.2, -0.15) is 0 Å². The van der Waals surface area contributed by atoms with Crippen LogP contribution in [0.5, 0.6) is 11.6 Å². The van der Waals surface area contributed by atoms with Crippen molar-refractivity contribution in [3.05, 3.63) is 56.2 Å². The van der Waals surface area contributed by atoms with Crippen molar-refractivity contribution in [3.8, 4) is 11.6 Å². The van der Waals surface area contributed by atoms with Gasteiger partial charge in [0, 0.05) is 11.5 Å². The first-order valence-electron chi connectivity index (χ1n) is 5.30. The smallest absolute Gasteiger partial charge is 0.328 e. The molecule has 0 fully saturated rings. The zero-order chi connectivity index (χ0) is 12.0. The van der Waals surface area contributed by atoms with Crippen molar-refractivity contribution in [2.45, 2.75) is 12.8 Å². The fraction of sp³-hybridized carbons (Fsp3) is 0.167. The van der Waals surface area contributed by atoms with E-state index in [0.29, 0.717) is 11.3 Å². The number of aromatic nitrogens is 2. The van der Waals surface area contributed by atoms with Crippen LogP contribution in [0.15, 0.2) is 33.9 Å². The van der Waals surface area contributed by atoms with E-state index in [1.54, 1.807) is 0 Å². The second kappa shape index (κ2) is 3.35. The van der Waals surface area contributed by atoms with Crippen LogP contribution in [-0.2, 0) is 0 Å². The molecule has 0 spiro atoms. The molecule has 2 N–H and O–H groups in total. The van der Waals surface area contributed by atoms with Crippen molar-refractivity contribution in [3.63, 3.8) is 0 Å². The molecule has 1 aliphatic rings. The number of hydrogen-bond donors (Lipinski definition) is 2. The molecule has 1 aromatic heterocycles. The van der Waals surface area contributed by atoms with E-state index in [2.05, 4.69) is 9.97 Å². The molecule has 1 unspecified atom stereocenters. The van der Waals surface area contributed by atoms with E-state index in [4.69, 9.17) is 4.74 Å². The minimum atomic E-state index is -0.555. The maximum Gasteiger partial charge on any atom is 0.328 e. The van der Waals surface area contributed by atoms with Crippen molar-refractivity contribution in [2.24, 2.45) is 0 Å². The Morgan fingerprint density at radius 2 is 1.94 bits per heavy atom. The Morgan fingerprint density at radius 3 is 2.76 bits per heavy atom. The molecule has 1 atom stereocenters. The van der Waals surface area contributed by atoms with Crippen molar-refractivity contribution in [1.82, 2.24) is 9.97 Å². The molecule has 2 aromatic rings. The highest BCUT2D eigenvalue weighted by Crippen LogP contribution is 2.40. The summed E-state index contributed by atoms with van der Waals surface area (Å²) in [6, 6.07) is 7.47. The molecule has 0 aliphatic carbocycles. The van der Waals surface area contributed by atoms with Gasteiger partial charge in [0.1, 0.15) is 5.75 Å². The van der Waals surface area contributed by atoms with Gasteiger partial charge in [-0.25, -0.2) is 4.79 Å². The van der Waals surface area contributed by atoms with Gasteiger partial charge in [-0.05, 0) is 6.07 Å². The van der Waals surface area contributed by atoms with Crippen molar-refractivity contribution < 1.29 is 4.74 Å². The highest BCUT2D eigenvalue weighted by atomic mass is 16.5. The fourth-order valence-corrected chi connectivity index (χ4v) is 2.15. The lowest BCUT2D eigenvalue weighted by molar-refractivity contribution is 0.425. The Kier molecular flexibility index (Phi) is 1.95. The molecule has 0 bridgehead atoms. The zero-order valence-electron chi connectivity index (χ0n) is 9.11. The summed E-state index contributed by atoms with van der Waals surface area (Å²) in [4.78, 5) is 27.7. The highest BCUT2D eigenvalue weighted by molar-refractivity contribution is 5.49. The molecule has 1 aliphatic heterocycles. The minimum Gasteiger partial charge on any atom is -0.440 e. The van der Waals surface area contributed by atoms with Gasteiger partial charge in [0.25, 0.3) is 5.56 Å². The van der Waals surface area contributed by atoms with Gasteiger partial charge in [0.05, 0.1) is 5.56 Å². The molecular formula is C12H10N2O3. The van der Waals surface area contributed by atoms with Crippen LogP contribution < -0.4 is 16.0 Å². The summed E-state index contributed by atoms with van der Waals surface area (Å²) in [5.41, 5.74) is 0.451. The van der Waals surface area contributed by atoms with Gasteiger partial charge in [-0.1, -0.05) is 25.1 Å². The molecule has 3 rings (SSSR count). The first-order chi connectivity index (χ1) is 8.16. The predicted molar refractivity (Wildman–Crippen MR) is 61.7 cm³/mol. The van der Waals surface area contributed by atoms with Crippen LogP contribution in [-0.4, -0.2) is 9.97 Å². The number of fused-ring (bicyclic) bond motifs is 2. The Morgan fingerprint density at radius 1 is 1.18 bits per heavy atom. The van der Waals surface area contributed by atoms with Gasteiger partial charge >= 0.3 is 5.69 Å². The van der Waals surface area contributed by atoms with E-state index in [0.717, 1.165) is 5.56 Å². The molecule has 5 nitrogen and oxygen atoms in total. The minimum absolute atomic E-state index is 0.101. The molecule has 0 saturated carbocycles. The molecule has 2 heterocycles. The summed E-state index contributed by atoms with van der Waals surface area (Å²) in [6.07, 6.45) is 0.